The molecule has 7 nitrogen and oxygen atoms in total. The molecule has 10 heteroatoms. The van der Waals surface area contributed by atoms with E-state index in [0.717, 1.165) is 20.9 Å². The van der Waals surface area contributed by atoms with Crippen LogP contribution in [0.3, 0.4) is 0 Å². The van der Waals surface area contributed by atoms with Crippen molar-refractivity contribution in [3.8, 4) is 5.75 Å². The third-order valence-electron chi connectivity index (χ3n) is 3.83. The highest BCUT2D eigenvalue weighted by Crippen LogP contribution is 2.37. The van der Waals surface area contributed by atoms with Gasteiger partial charge in [-0.2, -0.15) is 0 Å². The average molecular weight is 456 g/mol. The Morgan fingerprint density at radius 2 is 2.00 bits per heavy atom. The Hall–Kier alpha value is -1.91. The number of rotatable bonds is 6. The molecule has 0 fully saturated rings. The van der Waals surface area contributed by atoms with Crippen LogP contribution in [0, 0.1) is 0 Å². The number of hydrogen-bond acceptors (Lipinski definition) is 8. The number of esters is 1. The van der Waals surface area contributed by atoms with Crippen LogP contribution in [0.4, 0.5) is 5.69 Å². The SMILES string of the molecule is COC(=O)C(CSC(=S)Nc1cc2sc(C(C)(C)C)nc2cc1OC)NC(C)=O. The van der Waals surface area contributed by atoms with E-state index in [1.807, 2.05) is 12.1 Å². The van der Waals surface area contributed by atoms with Crippen LogP contribution in [0.2, 0.25) is 0 Å². The summed E-state index contributed by atoms with van der Waals surface area (Å²) in [7, 11) is 2.86. The maximum Gasteiger partial charge on any atom is 0.329 e. The van der Waals surface area contributed by atoms with E-state index in [2.05, 4.69) is 31.4 Å². The van der Waals surface area contributed by atoms with Crippen LogP contribution in [-0.4, -0.2) is 47.2 Å². The van der Waals surface area contributed by atoms with Crippen molar-refractivity contribution in [2.75, 3.05) is 25.3 Å². The smallest absolute Gasteiger partial charge is 0.329 e. The van der Waals surface area contributed by atoms with Gasteiger partial charge in [0.25, 0.3) is 0 Å². The molecule has 2 aromatic rings. The first-order valence-electron chi connectivity index (χ1n) is 8.83. The van der Waals surface area contributed by atoms with Gasteiger partial charge < -0.3 is 20.1 Å². The summed E-state index contributed by atoms with van der Waals surface area (Å²) in [5.41, 5.74) is 1.55. The molecule has 1 aromatic carbocycles. The number of thioether (sulfide) groups is 1. The van der Waals surface area contributed by atoms with Gasteiger partial charge >= 0.3 is 5.97 Å². The van der Waals surface area contributed by atoms with Gasteiger partial charge in [0.05, 0.1) is 35.1 Å². The molecule has 0 radical (unpaired) electrons. The number of nitrogens with zero attached hydrogens (tertiary/aromatic N) is 1. The molecule has 2 rings (SSSR count). The quantitative estimate of drug-likeness (QED) is 0.503. The van der Waals surface area contributed by atoms with E-state index >= 15 is 0 Å². The fourth-order valence-electron chi connectivity index (χ4n) is 2.40. The Labute approximate surface area is 183 Å². The maximum absolute atomic E-state index is 11.8. The average Bonchev–Trinajstić information content (AvgIpc) is 3.06. The van der Waals surface area contributed by atoms with E-state index in [0.29, 0.717) is 10.1 Å². The lowest BCUT2D eigenvalue weighted by Gasteiger charge is -2.16. The number of fused-ring (bicyclic) bond motifs is 1. The van der Waals surface area contributed by atoms with E-state index in [9.17, 15) is 9.59 Å². The zero-order valence-electron chi connectivity index (χ0n) is 17.2. The molecule has 0 spiro atoms. The molecule has 158 valence electrons. The highest BCUT2D eigenvalue weighted by molar-refractivity contribution is 8.23. The molecule has 0 aliphatic carbocycles. The lowest BCUT2D eigenvalue weighted by atomic mass is 9.98. The van der Waals surface area contributed by atoms with Gasteiger partial charge in [-0.3, -0.25) is 4.79 Å². The monoisotopic (exact) mass is 455 g/mol. The van der Waals surface area contributed by atoms with Crippen molar-refractivity contribution in [1.82, 2.24) is 10.3 Å². The van der Waals surface area contributed by atoms with Crippen molar-refractivity contribution in [1.29, 1.82) is 0 Å². The summed E-state index contributed by atoms with van der Waals surface area (Å²) >= 11 is 8.27. The Morgan fingerprint density at radius 3 is 2.55 bits per heavy atom. The summed E-state index contributed by atoms with van der Waals surface area (Å²) in [6, 6.07) is 3.06. The minimum Gasteiger partial charge on any atom is -0.494 e. The maximum atomic E-state index is 11.8. The lowest BCUT2D eigenvalue weighted by molar-refractivity contribution is -0.144. The Bertz CT molecular complexity index is 921. The van der Waals surface area contributed by atoms with Crippen LogP contribution in [0.15, 0.2) is 12.1 Å². The molecular formula is C19H25N3O4S3. The van der Waals surface area contributed by atoms with Crippen LogP contribution in [-0.2, 0) is 19.7 Å². The molecular weight excluding hydrogens is 430 g/mol. The topological polar surface area (TPSA) is 89.6 Å². The molecule has 1 atom stereocenters. The van der Waals surface area contributed by atoms with Gasteiger partial charge in [-0.1, -0.05) is 44.8 Å². The van der Waals surface area contributed by atoms with Crippen LogP contribution >= 0.6 is 35.3 Å². The number of methoxy groups -OCH3 is 2. The second kappa shape index (κ2) is 9.73. The number of anilines is 1. The number of hydrogen-bond donors (Lipinski definition) is 2. The van der Waals surface area contributed by atoms with Crippen molar-refractivity contribution in [3.05, 3.63) is 17.1 Å². The second-order valence-corrected chi connectivity index (χ2v) is 10.0. The molecule has 0 saturated heterocycles. The number of thiocarbonyl (C=S) groups is 1. The van der Waals surface area contributed by atoms with E-state index in [1.54, 1.807) is 18.4 Å². The van der Waals surface area contributed by atoms with E-state index < -0.39 is 12.0 Å². The minimum atomic E-state index is -0.775. The van der Waals surface area contributed by atoms with Gasteiger partial charge in [0.2, 0.25) is 5.91 Å². The van der Waals surface area contributed by atoms with Gasteiger partial charge in [-0.25, -0.2) is 9.78 Å². The summed E-state index contributed by atoms with van der Waals surface area (Å²) in [4.78, 5) is 27.8. The first kappa shape index (κ1) is 23.4. The number of ether oxygens (including phenoxy) is 2. The molecule has 0 aliphatic heterocycles. The zero-order valence-corrected chi connectivity index (χ0v) is 19.7. The molecule has 0 bridgehead atoms. The fraction of sp³-hybridized carbons (Fsp3) is 0.474. The molecule has 0 saturated carbocycles. The Kier molecular flexibility index (Phi) is 7.84. The van der Waals surface area contributed by atoms with Gasteiger partial charge in [0.15, 0.2) is 0 Å². The van der Waals surface area contributed by atoms with Gasteiger partial charge in [-0.15, -0.1) is 11.3 Å². The number of thiazole rings is 1. The number of aromatic nitrogens is 1. The lowest BCUT2D eigenvalue weighted by Crippen LogP contribution is -2.42. The van der Waals surface area contributed by atoms with Crippen LogP contribution in [0.5, 0.6) is 5.75 Å². The predicted octanol–water partition coefficient (Wildman–Crippen LogP) is 3.71. The molecule has 29 heavy (non-hydrogen) atoms. The third-order valence-corrected chi connectivity index (χ3v) is 6.60. The van der Waals surface area contributed by atoms with E-state index in [1.165, 1.54) is 25.8 Å². The molecule has 0 aliphatic rings. The first-order chi connectivity index (χ1) is 13.5. The van der Waals surface area contributed by atoms with Crippen LogP contribution in [0.25, 0.3) is 10.2 Å². The molecule has 1 amide bonds. The summed E-state index contributed by atoms with van der Waals surface area (Å²) in [5.74, 6) is 0.0375. The van der Waals surface area contributed by atoms with Crippen molar-refractivity contribution in [2.45, 2.75) is 39.2 Å². The number of carbonyl (C=O) groups is 2. The highest BCUT2D eigenvalue weighted by atomic mass is 32.2. The van der Waals surface area contributed by atoms with Crippen LogP contribution < -0.4 is 15.4 Å². The standard InChI is InChI=1S/C19H25N3O4S3/c1-10(23)20-13(16(24)26-6)9-28-18(27)22-11-8-15-12(7-14(11)25-5)21-17(29-15)19(2,3)4/h7-8,13H,9H2,1-6H3,(H,20,23)(H,22,27). The number of carbonyl (C=O) groups excluding carboxylic acids is 2. The summed E-state index contributed by atoms with van der Waals surface area (Å²) in [6.45, 7) is 7.72. The summed E-state index contributed by atoms with van der Waals surface area (Å²) in [5, 5.41) is 6.75. The van der Waals surface area contributed by atoms with Crippen molar-refractivity contribution in [3.63, 3.8) is 0 Å². The van der Waals surface area contributed by atoms with Gasteiger partial charge in [-0.05, 0) is 6.07 Å². The predicted molar refractivity (Wildman–Crippen MR) is 123 cm³/mol. The van der Waals surface area contributed by atoms with Crippen LogP contribution in [0.1, 0.15) is 32.7 Å². The number of benzene rings is 1. The molecule has 1 unspecified atom stereocenters. The number of amides is 1. The Balaban J connectivity index is 2.16. The summed E-state index contributed by atoms with van der Waals surface area (Å²) in [6.07, 6.45) is 0. The highest BCUT2D eigenvalue weighted by Gasteiger charge is 2.22. The van der Waals surface area contributed by atoms with E-state index in [4.69, 9.17) is 26.7 Å². The zero-order chi connectivity index (χ0) is 21.8. The second-order valence-electron chi connectivity index (χ2n) is 7.29. The van der Waals surface area contributed by atoms with Crippen molar-refractivity contribution in [2.24, 2.45) is 0 Å². The molecule has 2 N–H and O–H groups in total. The fourth-order valence-corrected chi connectivity index (χ4v) is 4.48. The van der Waals surface area contributed by atoms with Crippen molar-refractivity contribution < 1.29 is 19.1 Å². The van der Waals surface area contributed by atoms with Crippen molar-refractivity contribution >= 4 is 67.4 Å². The van der Waals surface area contributed by atoms with Gasteiger partial charge in [0, 0.05) is 24.2 Å². The van der Waals surface area contributed by atoms with Gasteiger partial charge in [0.1, 0.15) is 16.1 Å². The Morgan fingerprint density at radius 1 is 1.31 bits per heavy atom. The summed E-state index contributed by atoms with van der Waals surface area (Å²) < 4.78 is 11.7. The molecule has 1 aromatic heterocycles. The first-order valence-corrected chi connectivity index (χ1v) is 11.0. The number of nitrogens with one attached hydrogen (secondary N) is 2. The normalized spacial score (nSPS) is 12.3. The van der Waals surface area contributed by atoms with E-state index in [-0.39, 0.29) is 17.1 Å². The minimum absolute atomic E-state index is 0.0394. The molecule has 1 heterocycles. The third kappa shape index (κ3) is 6.28. The largest absolute Gasteiger partial charge is 0.494 e.